The van der Waals surface area contributed by atoms with Crippen molar-refractivity contribution in [2.75, 3.05) is 33.0 Å². The summed E-state index contributed by atoms with van der Waals surface area (Å²) in [6.07, 6.45) is -12.0. The summed E-state index contributed by atoms with van der Waals surface area (Å²) in [5.41, 5.74) is -5.09. The van der Waals surface area contributed by atoms with E-state index in [0.717, 1.165) is 6.42 Å². The van der Waals surface area contributed by atoms with E-state index in [4.69, 9.17) is 33.2 Å². The number of esters is 3. The van der Waals surface area contributed by atoms with E-state index in [2.05, 4.69) is 0 Å². The number of ether oxygens (including phenoxy) is 7. The van der Waals surface area contributed by atoms with Crippen molar-refractivity contribution in [3.8, 4) is 0 Å². The lowest BCUT2D eigenvalue weighted by molar-refractivity contribution is -0.345. The highest BCUT2D eigenvalue weighted by Crippen LogP contribution is 2.66. The highest BCUT2D eigenvalue weighted by molar-refractivity contribution is 5.89. The molecule has 0 radical (unpaired) electrons. The van der Waals surface area contributed by atoms with Gasteiger partial charge in [-0.05, 0) is 63.3 Å². The number of benzene rings is 1. The van der Waals surface area contributed by atoms with Gasteiger partial charge in [0.05, 0.1) is 36.9 Å². The van der Waals surface area contributed by atoms with E-state index in [1.807, 2.05) is 17.1 Å². The Kier molecular flexibility index (Phi) is 12.9. The number of halogens is 2. The molecule has 1 aromatic carbocycles. The topological polar surface area (TPSA) is 209 Å². The smallest absolute Gasteiger partial charge is 0.407 e. The van der Waals surface area contributed by atoms with Crippen LogP contribution in [0.25, 0.3) is 0 Å². The van der Waals surface area contributed by atoms with Crippen molar-refractivity contribution < 1.29 is 76.4 Å². The van der Waals surface area contributed by atoms with Gasteiger partial charge in [-0.1, -0.05) is 39.0 Å². The zero-order valence-electron chi connectivity index (χ0n) is 36.2. The molecule has 0 unspecified atom stereocenters. The van der Waals surface area contributed by atoms with Crippen LogP contribution in [0.1, 0.15) is 84.5 Å². The number of carbonyl (C=O) groups excluding carboxylic acids is 4. The highest BCUT2D eigenvalue weighted by Gasteiger charge is 2.77. The minimum absolute atomic E-state index is 0.0624. The van der Waals surface area contributed by atoms with Crippen molar-refractivity contribution in [2.24, 2.45) is 16.7 Å². The van der Waals surface area contributed by atoms with Crippen LogP contribution < -0.4 is 5.32 Å². The number of hydrogen-bond acceptors (Lipinski definition) is 15. The van der Waals surface area contributed by atoms with Gasteiger partial charge >= 0.3 is 24.0 Å². The van der Waals surface area contributed by atoms with Gasteiger partial charge in [-0.25, -0.2) is 23.2 Å². The Labute approximate surface area is 359 Å². The standard InChI is InChI=1S/C44H60F2N2O14/c1-22(2)57-40(54)47-32(27(46)18-45)33(51)39(53)58-28-17-44(55)37(61-38(52)25-11-9-8-10-12-25)35-42(7,15-13-29-43(35,21-56-29)62-24(4)50)36-34(31(23(28)3)41(44,5)6)59-30(60-36)19-48-16-14-26(48)20-49/h8-12,22,26-30,32-37,49,51,55H,13-21H2,1-7H3,(H,47,54)/t26-,27-,28-,29+,30+,32-,33+,34+,35-,36+,37-,42+,43-,44+/m0/s1. The van der Waals surface area contributed by atoms with E-state index in [1.54, 1.807) is 51.1 Å². The molecule has 14 atom stereocenters. The van der Waals surface area contributed by atoms with Crippen molar-refractivity contribution in [3.05, 3.63) is 47.0 Å². The molecular formula is C44H60F2N2O14. The van der Waals surface area contributed by atoms with Gasteiger partial charge in [-0.2, -0.15) is 0 Å². The number of aliphatic hydroxyl groups excluding tert-OH is 2. The molecule has 0 aromatic heterocycles. The Morgan fingerprint density at radius 2 is 1.77 bits per heavy atom. The Bertz CT molecular complexity index is 1900. The number of rotatable bonds is 13. The fraction of sp³-hybridized carbons (Fsp3) is 0.727. The maximum absolute atomic E-state index is 15.1. The molecule has 4 N–H and O–H groups in total. The van der Waals surface area contributed by atoms with E-state index in [-0.39, 0.29) is 31.4 Å². The van der Waals surface area contributed by atoms with Crippen molar-refractivity contribution in [2.45, 2.75) is 153 Å². The summed E-state index contributed by atoms with van der Waals surface area (Å²) < 4.78 is 72.6. The number of fused-ring (bicyclic) bond motifs is 8. The fourth-order valence-corrected chi connectivity index (χ4v) is 11.1. The van der Waals surface area contributed by atoms with E-state index in [0.29, 0.717) is 30.5 Å². The van der Waals surface area contributed by atoms with Crippen LogP contribution in [0.5, 0.6) is 0 Å². The predicted molar refractivity (Wildman–Crippen MR) is 213 cm³/mol. The maximum Gasteiger partial charge on any atom is 0.407 e. The largest absolute Gasteiger partial charge is 0.456 e. The molecular weight excluding hydrogens is 818 g/mol. The number of nitrogens with one attached hydrogen (secondary N) is 1. The van der Waals surface area contributed by atoms with Crippen LogP contribution in [0.15, 0.2) is 41.5 Å². The van der Waals surface area contributed by atoms with Gasteiger partial charge in [0.25, 0.3) is 0 Å². The van der Waals surface area contributed by atoms with Crippen LogP contribution in [0, 0.1) is 16.7 Å². The molecule has 0 spiro atoms. The molecule has 18 heteroatoms. The lowest BCUT2D eigenvalue weighted by Gasteiger charge is -2.68. The van der Waals surface area contributed by atoms with Crippen LogP contribution in [0.4, 0.5) is 13.6 Å². The van der Waals surface area contributed by atoms with E-state index < -0.39 is 126 Å². The lowest BCUT2D eigenvalue weighted by Crippen LogP contribution is -2.79. The molecule has 3 aliphatic heterocycles. The van der Waals surface area contributed by atoms with Crippen LogP contribution in [-0.2, 0) is 42.7 Å². The van der Waals surface area contributed by atoms with Gasteiger partial charge in [-0.3, -0.25) is 9.69 Å². The zero-order chi connectivity index (χ0) is 45.1. The Morgan fingerprint density at radius 3 is 2.35 bits per heavy atom. The third-order valence-electron chi connectivity index (χ3n) is 14.4. The molecule has 344 valence electrons. The van der Waals surface area contributed by atoms with Crippen molar-refractivity contribution in [1.82, 2.24) is 10.2 Å². The SMILES string of the molecule is CC(=O)O[C@@]12CO[C@@H]1CC[C@@]1(C)[C@@H]3O[C@H](CN4CC[C@H]4CO)O[C@@H]3C3=C(C)[C@@H](OC(=O)[C@H](O)[C@@H](NC(=O)OC(C)C)[C@@H](F)CF)C[C@@](O)([C@@H](OC(=O)c4ccccc4)[C@@H]12)C3(C)C. The van der Waals surface area contributed by atoms with Crippen molar-refractivity contribution in [3.63, 3.8) is 0 Å². The molecule has 2 bridgehead atoms. The molecule has 7 rings (SSSR count). The predicted octanol–water partition coefficient (Wildman–Crippen LogP) is 3.08. The van der Waals surface area contributed by atoms with Crippen LogP contribution in [0.2, 0.25) is 0 Å². The first-order valence-corrected chi connectivity index (χ1v) is 21.4. The zero-order valence-corrected chi connectivity index (χ0v) is 36.2. The first-order valence-electron chi connectivity index (χ1n) is 21.4. The fourth-order valence-electron chi connectivity index (χ4n) is 11.1. The Morgan fingerprint density at radius 1 is 1.06 bits per heavy atom. The van der Waals surface area contributed by atoms with Gasteiger partial charge in [0.1, 0.15) is 42.7 Å². The third-order valence-corrected chi connectivity index (χ3v) is 14.4. The normalized spacial score (nSPS) is 37.4. The summed E-state index contributed by atoms with van der Waals surface area (Å²) in [7, 11) is 0. The number of hydrogen-bond donors (Lipinski definition) is 4. The molecule has 3 aliphatic carbocycles. The summed E-state index contributed by atoms with van der Waals surface area (Å²) in [5, 5.41) is 37.1. The second-order valence-corrected chi connectivity index (χ2v) is 18.7. The summed E-state index contributed by atoms with van der Waals surface area (Å²) >= 11 is 0. The summed E-state index contributed by atoms with van der Waals surface area (Å²) in [6, 6.07) is 5.93. The summed E-state index contributed by atoms with van der Waals surface area (Å²) in [5.74, 6) is -3.91. The molecule has 5 fully saturated rings. The molecule has 6 aliphatic rings. The molecule has 3 heterocycles. The van der Waals surface area contributed by atoms with Gasteiger partial charge < -0.3 is 53.8 Å². The molecule has 1 aromatic rings. The summed E-state index contributed by atoms with van der Waals surface area (Å²) in [6.45, 7) is 10.6. The van der Waals surface area contributed by atoms with Gasteiger partial charge in [-0.15, -0.1) is 0 Å². The van der Waals surface area contributed by atoms with Crippen LogP contribution >= 0.6 is 0 Å². The lowest BCUT2D eigenvalue weighted by atomic mass is 9.45. The average Bonchev–Trinajstić information content (AvgIpc) is 3.62. The van der Waals surface area contributed by atoms with Gasteiger partial charge in [0, 0.05) is 43.3 Å². The number of alkyl carbamates (subject to hydrolysis) is 1. The highest BCUT2D eigenvalue weighted by atomic mass is 19.2. The molecule has 16 nitrogen and oxygen atoms in total. The Balaban J connectivity index is 1.38. The first kappa shape index (κ1) is 46.2. The maximum atomic E-state index is 15.1. The minimum atomic E-state index is -2.54. The van der Waals surface area contributed by atoms with Gasteiger partial charge in [0.2, 0.25) is 0 Å². The first-order chi connectivity index (χ1) is 29.2. The van der Waals surface area contributed by atoms with Crippen LogP contribution in [-0.4, -0.2) is 156 Å². The molecule has 2 saturated carbocycles. The van der Waals surface area contributed by atoms with E-state index in [9.17, 15) is 38.9 Å². The third kappa shape index (κ3) is 7.80. The van der Waals surface area contributed by atoms with Crippen LogP contribution in [0.3, 0.4) is 0 Å². The van der Waals surface area contributed by atoms with Gasteiger partial charge in [0.15, 0.2) is 24.2 Å². The van der Waals surface area contributed by atoms with Crippen molar-refractivity contribution in [1.29, 1.82) is 0 Å². The molecule has 62 heavy (non-hydrogen) atoms. The number of likely N-dealkylation sites (tertiary alicyclic amines) is 1. The Hall–Kier alpha value is -3.78. The quantitative estimate of drug-likeness (QED) is 0.128. The van der Waals surface area contributed by atoms with E-state index in [1.165, 1.54) is 20.8 Å². The number of carbonyl (C=O) groups is 4. The van der Waals surface area contributed by atoms with Crippen molar-refractivity contribution >= 4 is 24.0 Å². The average molecular weight is 879 g/mol. The molecule has 3 saturated heterocycles. The number of aliphatic hydroxyl groups is 3. The second-order valence-electron chi connectivity index (χ2n) is 18.7. The number of nitrogens with zero attached hydrogens (tertiary/aromatic N) is 1. The molecule has 1 amide bonds. The number of amides is 1. The number of alkyl halides is 2. The summed E-state index contributed by atoms with van der Waals surface area (Å²) in [4.78, 5) is 56.0. The van der Waals surface area contributed by atoms with E-state index >= 15 is 4.39 Å². The minimum Gasteiger partial charge on any atom is -0.456 e. The second kappa shape index (κ2) is 17.3. The monoisotopic (exact) mass is 878 g/mol.